The van der Waals surface area contributed by atoms with Crippen molar-refractivity contribution in [2.24, 2.45) is 0 Å². The summed E-state index contributed by atoms with van der Waals surface area (Å²) in [5.74, 6) is -0.199. The zero-order chi connectivity index (χ0) is 12.1. The summed E-state index contributed by atoms with van der Waals surface area (Å²) in [6.45, 7) is 7.90. The predicted octanol–water partition coefficient (Wildman–Crippen LogP) is -0.325. The molecule has 0 aromatic rings. The third-order valence-corrected chi connectivity index (χ3v) is 3.09. The predicted molar refractivity (Wildman–Crippen MR) is 62.0 cm³/mol. The van der Waals surface area contributed by atoms with Gasteiger partial charge in [0.05, 0.1) is 12.5 Å². The molecular formula is C11H21N3O2. The van der Waals surface area contributed by atoms with Gasteiger partial charge in [-0.2, -0.15) is 0 Å². The topological polar surface area (TPSA) is 52.7 Å². The quantitative estimate of drug-likeness (QED) is 0.632. The maximum atomic E-state index is 11.6. The van der Waals surface area contributed by atoms with Gasteiger partial charge < -0.3 is 10.2 Å². The third-order valence-electron chi connectivity index (χ3n) is 3.09. The fraction of sp³-hybridized carbons (Fsp3) is 0.818. The summed E-state index contributed by atoms with van der Waals surface area (Å²) in [5, 5.41) is 3.14. The molecule has 0 saturated carbocycles. The number of likely N-dealkylation sites (tertiary alicyclic amines) is 1. The molecule has 0 aromatic heterocycles. The molecule has 92 valence electrons. The van der Waals surface area contributed by atoms with Crippen molar-refractivity contribution in [2.75, 3.05) is 33.2 Å². The Bertz CT molecular complexity index is 264. The normalized spacial score (nSPS) is 21.2. The number of likely N-dealkylation sites (N-methyl/N-ethyl adjacent to an activating group) is 2. The maximum Gasteiger partial charge on any atom is 0.246 e. The lowest BCUT2D eigenvalue weighted by molar-refractivity contribution is -0.137. The second-order valence-electron chi connectivity index (χ2n) is 4.03. The van der Waals surface area contributed by atoms with Gasteiger partial charge in [-0.1, -0.05) is 13.8 Å². The second-order valence-corrected chi connectivity index (χ2v) is 4.03. The Kier molecular flexibility index (Phi) is 4.89. The van der Waals surface area contributed by atoms with Gasteiger partial charge in [-0.25, -0.2) is 0 Å². The van der Waals surface area contributed by atoms with E-state index in [0.717, 1.165) is 26.2 Å². The van der Waals surface area contributed by atoms with Crippen molar-refractivity contribution in [2.45, 2.75) is 26.3 Å². The van der Waals surface area contributed by atoms with E-state index < -0.39 is 0 Å². The molecule has 1 aliphatic heterocycles. The zero-order valence-electron chi connectivity index (χ0n) is 10.3. The lowest BCUT2D eigenvalue weighted by Crippen LogP contribution is -2.41. The number of amides is 2. The zero-order valence-corrected chi connectivity index (χ0v) is 10.3. The van der Waals surface area contributed by atoms with E-state index in [1.807, 2.05) is 0 Å². The third kappa shape index (κ3) is 3.02. The molecule has 5 heteroatoms. The van der Waals surface area contributed by atoms with Crippen LogP contribution in [0.25, 0.3) is 0 Å². The molecular weight excluding hydrogens is 206 g/mol. The number of nitrogens with one attached hydrogen (secondary N) is 1. The van der Waals surface area contributed by atoms with Crippen LogP contribution >= 0.6 is 0 Å². The van der Waals surface area contributed by atoms with Crippen LogP contribution in [0.3, 0.4) is 0 Å². The number of carbonyl (C=O) groups excluding carboxylic acids is 2. The summed E-state index contributed by atoms with van der Waals surface area (Å²) >= 11 is 0. The molecule has 1 fully saturated rings. The second kappa shape index (κ2) is 5.96. The summed E-state index contributed by atoms with van der Waals surface area (Å²) in [7, 11) is 1.54. The molecule has 0 aliphatic carbocycles. The first-order valence-corrected chi connectivity index (χ1v) is 5.86. The molecule has 16 heavy (non-hydrogen) atoms. The highest BCUT2D eigenvalue weighted by atomic mass is 16.2. The Labute approximate surface area is 96.8 Å². The van der Waals surface area contributed by atoms with Crippen LogP contribution < -0.4 is 5.32 Å². The fourth-order valence-electron chi connectivity index (χ4n) is 1.85. The lowest BCUT2D eigenvalue weighted by Gasteiger charge is -2.19. The largest absolute Gasteiger partial charge is 0.304 e. The van der Waals surface area contributed by atoms with Crippen molar-refractivity contribution in [3.8, 4) is 0 Å². The molecule has 1 saturated heterocycles. The van der Waals surface area contributed by atoms with E-state index >= 15 is 0 Å². The van der Waals surface area contributed by atoms with Crippen LogP contribution in [0.5, 0.6) is 0 Å². The van der Waals surface area contributed by atoms with E-state index in [-0.39, 0.29) is 17.9 Å². The molecule has 1 heterocycles. The first-order chi connectivity index (χ1) is 7.60. The van der Waals surface area contributed by atoms with Crippen LogP contribution in [0.15, 0.2) is 0 Å². The molecule has 1 rings (SSSR count). The lowest BCUT2D eigenvalue weighted by atomic mass is 10.2. The van der Waals surface area contributed by atoms with Crippen molar-refractivity contribution in [3.63, 3.8) is 0 Å². The summed E-state index contributed by atoms with van der Waals surface area (Å²) in [6.07, 6.45) is 0.299. The molecule has 5 nitrogen and oxygen atoms in total. The van der Waals surface area contributed by atoms with Crippen molar-refractivity contribution in [1.29, 1.82) is 0 Å². The van der Waals surface area contributed by atoms with Crippen molar-refractivity contribution >= 4 is 11.8 Å². The van der Waals surface area contributed by atoms with Crippen LogP contribution in [-0.4, -0.2) is 60.9 Å². The molecule has 0 aromatic carbocycles. The number of imide groups is 1. The van der Waals surface area contributed by atoms with Gasteiger partial charge in [0.1, 0.15) is 0 Å². The summed E-state index contributed by atoms with van der Waals surface area (Å²) < 4.78 is 0. The number of hydrogen-bond acceptors (Lipinski definition) is 4. The molecule has 2 amide bonds. The van der Waals surface area contributed by atoms with Gasteiger partial charge in [0.25, 0.3) is 0 Å². The van der Waals surface area contributed by atoms with Gasteiger partial charge in [0.2, 0.25) is 11.8 Å². The number of rotatable bonds is 6. The van der Waals surface area contributed by atoms with E-state index in [4.69, 9.17) is 0 Å². The number of nitrogens with zero attached hydrogens (tertiary/aromatic N) is 2. The van der Waals surface area contributed by atoms with Crippen LogP contribution in [0.2, 0.25) is 0 Å². The SMILES string of the molecule is CCN(CC)CCNC1CC(=O)N(C)C1=O. The number of hydrogen-bond donors (Lipinski definition) is 1. The molecule has 1 atom stereocenters. The Hall–Kier alpha value is -0.940. The minimum Gasteiger partial charge on any atom is -0.304 e. The molecule has 1 unspecified atom stereocenters. The van der Waals surface area contributed by atoms with Crippen molar-refractivity contribution in [3.05, 3.63) is 0 Å². The molecule has 0 radical (unpaired) electrons. The average molecular weight is 227 g/mol. The Morgan fingerprint density at radius 3 is 2.44 bits per heavy atom. The van der Waals surface area contributed by atoms with Crippen molar-refractivity contribution in [1.82, 2.24) is 15.1 Å². The van der Waals surface area contributed by atoms with E-state index in [0.29, 0.717) is 6.42 Å². The molecule has 0 bridgehead atoms. The summed E-state index contributed by atoms with van der Waals surface area (Å²) in [6, 6.07) is -0.312. The highest BCUT2D eigenvalue weighted by molar-refractivity contribution is 6.05. The Morgan fingerprint density at radius 1 is 1.38 bits per heavy atom. The van der Waals surface area contributed by atoms with Crippen LogP contribution in [-0.2, 0) is 9.59 Å². The fourth-order valence-corrected chi connectivity index (χ4v) is 1.85. The van der Waals surface area contributed by atoms with Crippen LogP contribution in [0.4, 0.5) is 0 Å². The van der Waals surface area contributed by atoms with Gasteiger partial charge in [-0.3, -0.25) is 14.5 Å². The Balaban J connectivity index is 2.29. The van der Waals surface area contributed by atoms with Gasteiger partial charge in [0.15, 0.2) is 0 Å². The van der Waals surface area contributed by atoms with Gasteiger partial charge in [-0.05, 0) is 13.1 Å². The molecule has 1 aliphatic rings. The highest BCUT2D eigenvalue weighted by Gasteiger charge is 2.35. The van der Waals surface area contributed by atoms with Crippen LogP contribution in [0.1, 0.15) is 20.3 Å². The molecule has 1 N–H and O–H groups in total. The average Bonchev–Trinajstić information content (AvgIpc) is 2.52. The van der Waals surface area contributed by atoms with E-state index in [1.165, 1.54) is 11.9 Å². The Morgan fingerprint density at radius 2 is 2.00 bits per heavy atom. The standard InChI is InChI=1S/C11H21N3O2/c1-4-14(5-2)7-6-12-9-8-10(15)13(3)11(9)16/h9,12H,4-8H2,1-3H3. The minimum absolute atomic E-state index is 0.0923. The van der Waals surface area contributed by atoms with Gasteiger partial charge in [0, 0.05) is 20.1 Å². The van der Waals surface area contributed by atoms with Gasteiger partial charge in [-0.15, -0.1) is 0 Å². The number of carbonyl (C=O) groups is 2. The van der Waals surface area contributed by atoms with E-state index in [2.05, 4.69) is 24.1 Å². The first-order valence-electron chi connectivity index (χ1n) is 5.86. The smallest absolute Gasteiger partial charge is 0.246 e. The summed E-state index contributed by atoms with van der Waals surface area (Å²) in [4.78, 5) is 26.3. The van der Waals surface area contributed by atoms with Crippen LogP contribution in [0, 0.1) is 0 Å². The monoisotopic (exact) mass is 227 g/mol. The summed E-state index contributed by atoms with van der Waals surface area (Å²) in [5.41, 5.74) is 0. The maximum absolute atomic E-state index is 11.6. The van der Waals surface area contributed by atoms with Crippen molar-refractivity contribution < 1.29 is 9.59 Å². The minimum atomic E-state index is -0.312. The first kappa shape index (κ1) is 13.1. The van der Waals surface area contributed by atoms with E-state index in [1.54, 1.807) is 0 Å². The molecule has 0 spiro atoms. The van der Waals surface area contributed by atoms with E-state index in [9.17, 15) is 9.59 Å². The highest BCUT2D eigenvalue weighted by Crippen LogP contribution is 2.09. The van der Waals surface area contributed by atoms with Gasteiger partial charge >= 0.3 is 0 Å².